The summed E-state index contributed by atoms with van der Waals surface area (Å²) in [6, 6.07) is 7.95. The molecule has 1 aliphatic carbocycles. The van der Waals surface area contributed by atoms with Gasteiger partial charge in [-0.15, -0.1) is 0 Å². The smallest absolute Gasteiger partial charge is 0.217 e. The van der Waals surface area contributed by atoms with Crippen molar-refractivity contribution in [2.45, 2.75) is 38.2 Å². The minimum atomic E-state index is 0.129. The maximum absolute atomic E-state index is 12.8. The summed E-state index contributed by atoms with van der Waals surface area (Å²) in [6.07, 6.45) is 5.02. The summed E-state index contributed by atoms with van der Waals surface area (Å²) in [7, 11) is 1.76. The lowest BCUT2D eigenvalue weighted by molar-refractivity contribution is 0.0519. The van der Waals surface area contributed by atoms with E-state index in [4.69, 9.17) is 9.47 Å². The van der Waals surface area contributed by atoms with Crippen molar-refractivity contribution in [3.05, 3.63) is 35.4 Å². The Morgan fingerprint density at radius 1 is 1.22 bits per heavy atom. The molecule has 2 heterocycles. The topological polar surface area (TPSA) is 48.4 Å². The molecule has 4 nitrogen and oxygen atoms in total. The van der Waals surface area contributed by atoms with Gasteiger partial charge in [0.05, 0.1) is 18.2 Å². The van der Waals surface area contributed by atoms with E-state index < -0.39 is 0 Å². The summed E-state index contributed by atoms with van der Waals surface area (Å²) >= 11 is 0. The molecule has 2 aromatic rings. The predicted octanol–water partition coefficient (Wildman–Crippen LogP) is 3.56. The second-order valence-corrected chi connectivity index (χ2v) is 6.53. The minimum absolute atomic E-state index is 0.129. The van der Waals surface area contributed by atoms with Crippen LogP contribution in [-0.4, -0.2) is 30.6 Å². The average Bonchev–Trinajstić information content (AvgIpc) is 3.06. The first-order valence-electron chi connectivity index (χ1n) is 8.38. The number of ketones is 1. The van der Waals surface area contributed by atoms with Gasteiger partial charge in [0.15, 0.2) is 5.78 Å². The third-order valence-corrected chi connectivity index (χ3v) is 5.13. The van der Waals surface area contributed by atoms with E-state index in [1.54, 1.807) is 7.11 Å². The van der Waals surface area contributed by atoms with Gasteiger partial charge >= 0.3 is 0 Å². The first kappa shape index (κ1) is 14.6. The van der Waals surface area contributed by atoms with E-state index >= 15 is 0 Å². The van der Waals surface area contributed by atoms with Crippen LogP contribution in [0.5, 0.6) is 5.88 Å². The molecule has 1 fully saturated rings. The van der Waals surface area contributed by atoms with Gasteiger partial charge in [0.25, 0.3) is 0 Å². The van der Waals surface area contributed by atoms with Crippen LogP contribution in [0.2, 0.25) is 0 Å². The van der Waals surface area contributed by atoms with Crippen LogP contribution >= 0.6 is 0 Å². The molecule has 1 saturated carbocycles. The number of nitrogens with zero attached hydrogens (tertiary/aromatic N) is 1. The van der Waals surface area contributed by atoms with E-state index in [-0.39, 0.29) is 11.7 Å². The number of ether oxygens (including phenoxy) is 2. The number of aromatic nitrogens is 1. The van der Waals surface area contributed by atoms with Gasteiger partial charge in [-0.05, 0) is 49.9 Å². The van der Waals surface area contributed by atoms with Crippen molar-refractivity contribution in [3.63, 3.8) is 0 Å². The minimum Gasteiger partial charge on any atom is -0.477 e. The molecule has 0 unspecified atom stereocenters. The molecule has 2 aliphatic rings. The molecule has 0 atom stereocenters. The number of pyridine rings is 1. The fourth-order valence-electron chi connectivity index (χ4n) is 3.71. The SMILES string of the molecule is COC1CCC(C(=O)c2ccc3nc4c(cc3c2)CCO4)CC1. The highest BCUT2D eigenvalue weighted by atomic mass is 16.5. The van der Waals surface area contributed by atoms with Crippen molar-refractivity contribution in [3.8, 4) is 5.88 Å². The van der Waals surface area contributed by atoms with Crippen LogP contribution in [0.3, 0.4) is 0 Å². The van der Waals surface area contributed by atoms with Gasteiger partial charge in [0.1, 0.15) is 0 Å². The molecule has 0 bridgehead atoms. The monoisotopic (exact) mass is 311 g/mol. The molecular weight excluding hydrogens is 290 g/mol. The molecule has 1 aromatic heterocycles. The number of benzene rings is 1. The Bertz CT molecular complexity index is 748. The highest BCUT2D eigenvalue weighted by Crippen LogP contribution is 2.31. The normalized spacial score (nSPS) is 23.5. The highest BCUT2D eigenvalue weighted by Gasteiger charge is 2.27. The Hall–Kier alpha value is -1.94. The zero-order valence-electron chi connectivity index (χ0n) is 13.4. The lowest BCUT2D eigenvalue weighted by Gasteiger charge is -2.26. The summed E-state index contributed by atoms with van der Waals surface area (Å²) < 4.78 is 10.9. The molecule has 0 N–H and O–H groups in total. The maximum Gasteiger partial charge on any atom is 0.217 e. The highest BCUT2D eigenvalue weighted by molar-refractivity contribution is 6.01. The maximum atomic E-state index is 12.8. The lowest BCUT2D eigenvalue weighted by atomic mass is 9.82. The second kappa shape index (κ2) is 5.93. The summed E-state index contributed by atoms with van der Waals surface area (Å²) in [6.45, 7) is 0.702. The van der Waals surface area contributed by atoms with Gasteiger partial charge in [-0.2, -0.15) is 0 Å². The van der Waals surface area contributed by atoms with Crippen LogP contribution in [-0.2, 0) is 11.2 Å². The summed E-state index contributed by atoms with van der Waals surface area (Å²) in [5, 5.41) is 1.03. The van der Waals surface area contributed by atoms with Gasteiger partial charge in [-0.1, -0.05) is 0 Å². The zero-order chi connectivity index (χ0) is 15.8. The largest absolute Gasteiger partial charge is 0.477 e. The van der Waals surface area contributed by atoms with Crippen molar-refractivity contribution in [1.82, 2.24) is 4.98 Å². The Kier molecular flexibility index (Phi) is 3.77. The fourth-order valence-corrected chi connectivity index (χ4v) is 3.71. The van der Waals surface area contributed by atoms with Gasteiger partial charge in [-0.3, -0.25) is 4.79 Å². The van der Waals surface area contributed by atoms with Crippen LogP contribution < -0.4 is 4.74 Å². The molecule has 23 heavy (non-hydrogen) atoms. The molecule has 1 aromatic carbocycles. The summed E-state index contributed by atoms with van der Waals surface area (Å²) in [5.41, 5.74) is 2.84. The Morgan fingerprint density at radius 3 is 2.83 bits per heavy atom. The van der Waals surface area contributed by atoms with Crippen LogP contribution in [0.25, 0.3) is 10.9 Å². The number of methoxy groups -OCH3 is 1. The third-order valence-electron chi connectivity index (χ3n) is 5.13. The van der Waals surface area contributed by atoms with Gasteiger partial charge in [0, 0.05) is 36.0 Å². The van der Waals surface area contributed by atoms with Gasteiger partial charge in [-0.25, -0.2) is 4.98 Å². The molecule has 4 heteroatoms. The molecule has 120 valence electrons. The summed E-state index contributed by atoms with van der Waals surface area (Å²) in [5.74, 6) is 1.14. The summed E-state index contributed by atoms with van der Waals surface area (Å²) in [4.78, 5) is 17.3. The number of hydrogen-bond donors (Lipinski definition) is 0. The van der Waals surface area contributed by atoms with Crippen molar-refractivity contribution >= 4 is 16.7 Å². The number of Topliss-reactive ketones (excluding diaryl/α,β-unsaturated/α-hetero) is 1. The van der Waals surface area contributed by atoms with E-state index in [1.807, 2.05) is 18.2 Å². The zero-order valence-corrected chi connectivity index (χ0v) is 13.4. The van der Waals surface area contributed by atoms with Crippen molar-refractivity contribution < 1.29 is 14.3 Å². The average molecular weight is 311 g/mol. The van der Waals surface area contributed by atoms with Crippen LogP contribution in [0, 0.1) is 5.92 Å². The molecule has 0 radical (unpaired) electrons. The van der Waals surface area contributed by atoms with E-state index in [2.05, 4.69) is 11.1 Å². The van der Waals surface area contributed by atoms with Gasteiger partial charge < -0.3 is 9.47 Å². The van der Waals surface area contributed by atoms with E-state index in [1.165, 1.54) is 0 Å². The van der Waals surface area contributed by atoms with Gasteiger partial charge in [0.2, 0.25) is 5.88 Å². The van der Waals surface area contributed by atoms with Crippen molar-refractivity contribution in [2.75, 3.05) is 13.7 Å². The Labute approximate surface area is 135 Å². The number of rotatable bonds is 3. The number of hydrogen-bond acceptors (Lipinski definition) is 4. The van der Waals surface area contributed by atoms with E-state index in [9.17, 15) is 4.79 Å². The molecule has 0 spiro atoms. The molecular formula is C19H21NO3. The van der Waals surface area contributed by atoms with E-state index in [0.717, 1.165) is 60.0 Å². The standard InChI is InChI=1S/C19H21NO3/c1-22-16-5-2-12(3-6-16)18(21)13-4-7-17-15(10-13)11-14-8-9-23-19(14)20-17/h4,7,10-12,16H,2-3,5-6,8-9H2,1H3. The fraction of sp³-hybridized carbons (Fsp3) is 0.474. The van der Waals surface area contributed by atoms with Crippen molar-refractivity contribution in [1.29, 1.82) is 0 Å². The first-order valence-corrected chi connectivity index (χ1v) is 8.38. The molecule has 1 aliphatic heterocycles. The third kappa shape index (κ3) is 2.72. The lowest BCUT2D eigenvalue weighted by Crippen LogP contribution is -2.25. The Morgan fingerprint density at radius 2 is 2.04 bits per heavy atom. The van der Waals surface area contributed by atoms with Crippen molar-refractivity contribution in [2.24, 2.45) is 5.92 Å². The number of carbonyl (C=O) groups is 1. The molecule has 0 saturated heterocycles. The van der Waals surface area contributed by atoms with E-state index in [0.29, 0.717) is 12.7 Å². The first-order chi connectivity index (χ1) is 11.2. The predicted molar refractivity (Wildman–Crippen MR) is 88.0 cm³/mol. The quantitative estimate of drug-likeness (QED) is 0.813. The second-order valence-electron chi connectivity index (χ2n) is 6.53. The molecule has 4 rings (SSSR count). The van der Waals surface area contributed by atoms with Crippen LogP contribution in [0.4, 0.5) is 0 Å². The Balaban J connectivity index is 1.59. The number of fused-ring (bicyclic) bond motifs is 2. The van der Waals surface area contributed by atoms with Crippen LogP contribution in [0.15, 0.2) is 24.3 Å². The van der Waals surface area contributed by atoms with Crippen LogP contribution in [0.1, 0.15) is 41.6 Å². The number of carbonyl (C=O) groups excluding carboxylic acids is 1. The molecule has 0 amide bonds.